The molecular weight excluding hydrogens is 961 g/mol. The molecule has 0 rings (SSSR count). The molecule has 0 aromatic carbocycles. The van der Waals surface area contributed by atoms with E-state index in [4.69, 9.17) is 17.2 Å². The van der Waals surface area contributed by atoms with Crippen LogP contribution in [0.1, 0.15) is 127 Å². The van der Waals surface area contributed by atoms with Gasteiger partial charge in [0.15, 0.2) is 5.96 Å². The molecule has 27 nitrogen and oxygen atoms in total. The Morgan fingerprint density at radius 3 is 1.21 bits per heavy atom. The second-order valence-corrected chi connectivity index (χ2v) is 19.3. The quantitative estimate of drug-likeness (QED) is 0.0174. The lowest BCUT2D eigenvalue weighted by molar-refractivity contribution is -0.144. The largest absolute Gasteiger partial charge is 0.481 e. The highest BCUT2D eigenvalue weighted by molar-refractivity contribution is 5.98. The van der Waals surface area contributed by atoms with Crippen molar-refractivity contribution in [2.24, 2.45) is 45.9 Å². The highest BCUT2D eigenvalue weighted by Gasteiger charge is 2.37. The van der Waals surface area contributed by atoms with Crippen molar-refractivity contribution in [1.82, 2.24) is 42.5 Å². The van der Waals surface area contributed by atoms with Crippen LogP contribution in [0, 0.1) is 23.7 Å². The lowest BCUT2D eigenvalue weighted by Crippen LogP contribution is -2.62. The topological polar surface area (TPSA) is 455 Å². The first-order valence-corrected chi connectivity index (χ1v) is 24.4. The summed E-state index contributed by atoms with van der Waals surface area (Å²) >= 11 is 0. The first-order valence-electron chi connectivity index (χ1n) is 24.4. The second kappa shape index (κ2) is 33.2. The van der Waals surface area contributed by atoms with Gasteiger partial charge < -0.3 is 80.2 Å². The summed E-state index contributed by atoms with van der Waals surface area (Å²) in [6, 6.07) is -12.9. The normalized spacial score (nSPS) is 15.8. The van der Waals surface area contributed by atoms with E-state index in [9.17, 15) is 73.2 Å². The molecule has 0 saturated heterocycles. The summed E-state index contributed by atoms with van der Waals surface area (Å²) in [7, 11) is 0. The number of rotatable bonds is 35. The molecule has 0 aliphatic heterocycles. The third-order valence-corrected chi connectivity index (χ3v) is 11.3. The standard InChI is InChI=1S/C46H82N12O15/c1-11-24(8)35(57-40(67)29(15-17-33(62)63)53-44(71)36(26(10)59)58-37(64)25(9)47)43(70)52-27(13-12-18-50-46(48)49)38(65)51-28(14-16-32(60)61)39(66)54-30(19-21(2)3)41(68)55-31(20-22(4)5)42(69)56-34(23(6)7)45(72)73/h21-31,34-36,59H,11-20,47H2,1-10H3,(H,51,65)(H,52,70)(H,53,71)(H,54,66)(H,55,68)(H,56,69)(H,57,67)(H,58,64)(H,60,61)(H,62,63)(H,72,73)(H4,48,49,50)/t24-,25-,26+,27-,28-,29-,30-,31-,34-,35-,36-/m0/s1. The molecule has 0 aliphatic rings. The zero-order valence-electron chi connectivity index (χ0n) is 43.6. The smallest absolute Gasteiger partial charge is 0.326 e. The van der Waals surface area contributed by atoms with Gasteiger partial charge in [0.1, 0.15) is 48.3 Å². The van der Waals surface area contributed by atoms with Crippen molar-refractivity contribution >= 4 is 71.1 Å². The number of carbonyl (C=O) groups is 11. The maximum atomic E-state index is 14.2. The summed E-state index contributed by atoms with van der Waals surface area (Å²) in [5.41, 5.74) is 16.5. The molecule has 416 valence electrons. The van der Waals surface area contributed by atoms with E-state index in [0.717, 1.165) is 0 Å². The molecule has 0 radical (unpaired) electrons. The van der Waals surface area contributed by atoms with Crippen LogP contribution in [0.15, 0.2) is 4.99 Å². The number of carbonyl (C=O) groups excluding carboxylic acids is 8. The van der Waals surface area contributed by atoms with Gasteiger partial charge in [-0.25, -0.2) is 4.79 Å². The maximum Gasteiger partial charge on any atom is 0.326 e. The lowest BCUT2D eigenvalue weighted by Gasteiger charge is -2.30. The Hall–Kier alpha value is -6.64. The Bertz CT molecular complexity index is 1930. The van der Waals surface area contributed by atoms with Crippen LogP contribution < -0.4 is 59.7 Å². The van der Waals surface area contributed by atoms with Crippen molar-refractivity contribution in [2.75, 3.05) is 6.54 Å². The fourth-order valence-electron chi connectivity index (χ4n) is 7.00. The number of hydrogen-bond donors (Lipinski definition) is 15. The van der Waals surface area contributed by atoms with Crippen LogP contribution in [0.2, 0.25) is 0 Å². The molecule has 0 unspecified atom stereocenters. The Morgan fingerprint density at radius 1 is 0.479 bits per heavy atom. The zero-order chi connectivity index (χ0) is 56.4. The van der Waals surface area contributed by atoms with Crippen LogP contribution in [0.4, 0.5) is 0 Å². The number of aliphatic hydroxyl groups excluding tert-OH is 1. The lowest BCUT2D eigenvalue weighted by atomic mass is 9.96. The fourth-order valence-corrected chi connectivity index (χ4v) is 7.00. The summed E-state index contributed by atoms with van der Waals surface area (Å²) in [5.74, 6) is -13.4. The first kappa shape index (κ1) is 66.4. The number of aliphatic hydroxyl groups is 1. The Labute approximate surface area is 425 Å². The molecule has 8 amide bonds. The molecule has 0 aromatic heterocycles. The van der Waals surface area contributed by atoms with E-state index in [2.05, 4.69) is 47.5 Å². The van der Waals surface area contributed by atoms with Gasteiger partial charge in [0.2, 0.25) is 47.3 Å². The van der Waals surface area contributed by atoms with Crippen molar-refractivity contribution in [3.05, 3.63) is 0 Å². The fraction of sp³-hybridized carbons (Fsp3) is 0.739. The van der Waals surface area contributed by atoms with E-state index in [1.165, 1.54) is 13.8 Å². The predicted octanol–water partition coefficient (Wildman–Crippen LogP) is -2.75. The number of aliphatic imine (C=N–C) groups is 1. The Morgan fingerprint density at radius 2 is 0.836 bits per heavy atom. The van der Waals surface area contributed by atoms with Gasteiger partial charge in [-0.1, -0.05) is 61.8 Å². The molecule has 27 heteroatoms. The SMILES string of the molecule is CC[C@H](C)[C@H](NC(=O)[C@H](CCC(=O)O)NC(=O)[C@@H](NC(=O)[C@H](C)N)[C@@H](C)O)C(=O)N[C@@H](CCCN=C(N)N)C(=O)N[C@@H](CCC(=O)O)C(=O)N[C@@H](CC(C)C)C(=O)N[C@@H](CC(C)C)C(=O)N[C@H](C(=O)O)C(C)C. The van der Waals surface area contributed by atoms with Crippen LogP contribution >= 0.6 is 0 Å². The maximum absolute atomic E-state index is 14.2. The molecule has 18 N–H and O–H groups in total. The first-order chi connectivity index (χ1) is 33.8. The molecule has 0 saturated carbocycles. The van der Waals surface area contributed by atoms with E-state index in [1.54, 1.807) is 55.4 Å². The van der Waals surface area contributed by atoms with Crippen LogP contribution in [0.25, 0.3) is 0 Å². The van der Waals surface area contributed by atoms with E-state index < -0.39 is 163 Å². The number of amides is 8. The van der Waals surface area contributed by atoms with Crippen molar-refractivity contribution < 1.29 is 73.2 Å². The summed E-state index contributed by atoms with van der Waals surface area (Å²) in [6.07, 6.45) is -3.67. The van der Waals surface area contributed by atoms with Crippen LogP contribution in [-0.2, 0) is 52.7 Å². The third kappa shape index (κ3) is 26.1. The van der Waals surface area contributed by atoms with E-state index in [0.29, 0.717) is 0 Å². The minimum absolute atomic E-state index is 0.00472. The summed E-state index contributed by atoms with van der Waals surface area (Å²) < 4.78 is 0. The predicted molar refractivity (Wildman–Crippen MR) is 265 cm³/mol. The molecular formula is C46H82N12O15. The van der Waals surface area contributed by atoms with Gasteiger partial charge in [-0.15, -0.1) is 0 Å². The minimum atomic E-state index is -1.65. The minimum Gasteiger partial charge on any atom is -0.481 e. The third-order valence-electron chi connectivity index (χ3n) is 11.3. The summed E-state index contributed by atoms with van der Waals surface area (Å²) in [4.78, 5) is 148. The van der Waals surface area contributed by atoms with Gasteiger partial charge in [-0.3, -0.25) is 52.9 Å². The van der Waals surface area contributed by atoms with Gasteiger partial charge in [-0.2, -0.15) is 0 Å². The van der Waals surface area contributed by atoms with Gasteiger partial charge >= 0.3 is 17.9 Å². The average Bonchev–Trinajstić information content (AvgIpc) is 3.27. The molecule has 0 aromatic rings. The number of carboxylic acids is 3. The van der Waals surface area contributed by atoms with E-state index >= 15 is 0 Å². The monoisotopic (exact) mass is 1040 g/mol. The molecule has 11 atom stereocenters. The highest BCUT2D eigenvalue weighted by atomic mass is 16.4. The number of hydrogen-bond acceptors (Lipinski definition) is 14. The highest BCUT2D eigenvalue weighted by Crippen LogP contribution is 2.14. The summed E-state index contributed by atoms with van der Waals surface area (Å²) in [5, 5.41) is 58.7. The number of nitrogens with zero attached hydrogens (tertiary/aromatic N) is 1. The van der Waals surface area contributed by atoms with E-state index in [1.807, 2.05) is 0 Å². The number of guanidine groups is 1. The second-order valence-electron chi connectivity index (χ2n) is 19.3. The number of carboxylic acid groups (broad SMARTS) is 3. The molecule has 0 fully saturated rings. The van der Waals surface area contributed by atoms with Crippen molar-refractivity contribution in [3.8, 4) is 0 Å². The van der Waals surface area contributed by atoms with Crippen molar-refractivity contribution in [1.29, 1.82) is 0 Å². The number of nitrogens with two attached hydrogens (primary N) is 3. The van der Waals surface area contributed by atoms with Crippen molar-refractivity contribution in [2.45, 2.75) is 188 Å². The van der Waals surface area contributed by atoms with Gasteiger partial charge in [-0.05, 0) is 76.0 Å². The van der Waals surface area contributed by atoms with Crippen LogP contribution in [-0.4, -0.2) is 159 Å². The zero-order valence-corrected chi connectivity index (χ0v) is 43.6. The summed E-state index contributed by atoms with van der Waals surface area (Å²) in [6.45, 7) is 15.9. The Balaban J connectivity index is 6.99. The number of nitrogens with one attached hydrogen (secondary N) is 8. The molecule has 0 bridgehead atoms. The molecule has 0 aliphatic carbocycles. The molecule has 73 heavy (non-hydrogen) atoms. The van der Waals surface area contributed by atoms with Gasteiger partial charge in [0.05, 0.1) is 12.1 Å². The van der Waals surface area contributed by atoms with E-state index in [-0.39, 0.29) is 56.4 Å². The van der Waals surface area contributed by atoms with Gasteiger partial charge in [0.25, 0.3) is 0 Å². The van der Waals surface area contributed by atoms with Crippen LogP contribution in [0.5, 0.6) is 0 Å². The molecule has 0 spiro atoms. The van der Waals surface area contributed by atoms with Crippen molar-refractivity contribution in [3.63, 3.8) is 0 Å². The number of aliphatic carboxylic acids is 3. The molecule has 0 heterocycles. The van der Waals surface area contributed by atoms with Crippen LogP contribution in [0.3, 0.4) is 0 Å². The van der Waals surface area contributed by atoms with Gasteiger partial charge in [0, 0.05) is 19.4 Å². The Kier molecular flexibility index (Phi) is 30.1. The average molecular weight is 1040 g/mol.